The Hall–Kier alpha value is -4.73. The van der Waals surface area contributed by atoms with Crippen LogP contribution in [0.1, 0.15) is 49.9 Å². The average molecular weight is 599 g/mol. The molecule has 1 atom stereocenters. The Bertz CT molecular complexity index is 1660. The van der Waals surface area contributed by atoms with Gasteiger partial charge in [-0.1, -0.05) is 31.7 Å². The van der Waals surface area contributed by atoms with Gasteiger partial charge < -0.3 is 24.8 Å². The quantitative estimate of drug-likeness (QED) is 0.260. The largest absolute Gasteiger partial charge is 0.438 e. The standard InChI is InChI=1S/C33H35FN6O3.CH4/c1-38(2)32(42)28-11-8-18-40(28)33-35-15-14-30(37-33)43-29-13-12-27(25-9-4-5-10-26(25)29)36-31(41)22-19-23(34)21-24(20-22)39-16-6-3-7-17-39;/h4-5,9-10,12-15,19-21,28H,3,6-8,11,16-18H2,1-2H3,(H,36,41);1H4/t28-;/m0./s1. The first-order valence-corrected chi connectivity index (χ1v) is 14.7. The van der Waals surface area contributed by atoms with Crippen LogP contribution in [0.3, 0.4) is 0 Å². The smallest absolute Gasteiger partial charge is 0.255 e. The Labute approximate surface area is 257 Å². The first kappa shape index (κ1) is 30.7. The minimum Gasteiger partial charge on any atom is -0.438 e. The van der Waals surface area contributed by atoms with E-state index < -0.39 is 5.82 Å². The number of nitrogens with one attached hydrogen (secondary N) is 1. The highest BCUT2D eigenvalue weighted by atomic mass is 19.1. The summed E-state index contributed by atoms with van der Waals surface area (Å²) in [5, 5.41) is 4.52. The summed E-state index contributed by atoms with van der Waals surface area (Å²) >= 11 is 0. The lowest BCUT2D eigenvalue weighted by Gasteiger charge is -2.29. The number of nitrogens with zero attached hydrogens (tertiary/aromatic N) is 5. The van der Waals surface area contributed by atoms with Crippen LogP contribution in [0, 0.1) is 5.82 Å². The van der Waals surface area contributed by atoms with E-state index in [1.54, 1.807) is 49.5 Å². The summed E-state index contributed by atoms with van der Waals surface area (Å²) in [6, 6.07) is 17.0. The third-order valence-electron chi connectivity index (χ3n) is 8.07. The molecule has 44 heavy (non-hydrogen) atoms. The Morgan fingerprint density at radius 3 is 2.50 bits per heavy atom. The lowest BCUT2D eigenvalue weighted by Crippen LogP contribution is -2.43. The molecule has 2 aliphatic heterocycles. The number of halogens is 1. The molecule has 0 saturated carbocycles. The lowest BCUT2D eigenvalue weighted by molar-refractivity contribution is -0.129. The van der Waals surface area contributed by atoms with Gasteiger partial charge in [0.05, 0.1) is 0 Å². The molecule has 2 fully saturated rings. The second-order valence-corrected chi connectivity index (χ2v) is 11.2. The molecule has 1 aromatic heterocycles. The number of fused-ring (bicyclic) bond motifs is 1. The second kappa shape index (κ2) is 13.3. The molecule has 0 aliphatic carbocycles. The van der Waals surface area contributed by atoms with Gasteiger partial charge in [0.25, 0.3) is 5.91 Å². The Balaban J connectivity index is 0.00000384. The molecule has 0 spiro atoms. The summed E-state index contributed by atoms with van der Waals surface area (Å²) in [6.45, 7) is 2.41. The number of benzene rings is 3. The van der Waals surface area contributed by atoms with Crippen molar-refractivity contribution in [2.24, 2.45) is 0 Å². The van der Waals surface area contributed by atoms with E-state index in [-0.39, 0.29) is 30.8 Å². The molecule has 0 unspecified atom stereocenters. The lowest BCUT2D eigenvalue weighted by atomic mass is 10.1. The molecule has 3 heterocycles. The van der Waals surface area contributed by atoms with Gasteiger partial charge in [0.2, 0.25) is 17.7 Å². The van der Waals surface area contributed by atoms with Gasteiger partial charge in [0.15, 0.2) is 0 Å². The first-order valence-electron chi connectivity index (χ1n) is 14.7. The summed E-state index contributed by atoms with van der Waals surface area (Å²) in [6.07, 6.45) is 6.54. The Morgan fingerprint density at radius 2 is 1.73 bits per heavy atom. The number of likely N-dealkylation sites (N-methyl/N-ethyl adjacent to an activating group) is 1. The number of anilines is 3. The van der Waals surface area contributed by atoms with Crippen molar-refractivity contribution >= 4 is 39.9 Å². The van der Waals surface area contributed by atoms with Gasteiger partial charge in [-0.15, -0.1) is 0 Å². The maximum absolute atomic E-state index is 14.6. The fourth-order valence-electron chi connectivity index (χ4n) is 5.90. The molecule has 0 bridgehead atoms. The van der Waals surface area contributed by atoms with Crippen LogP contribution in [0.5, 0.6) is 11.6 Å². The van der Waals surface area contributed by atoms with E-state index in [4.69, 9.17) is 4.74 Å². The third kappa shape index (κ3) is 6.44. The molecule has 2 saturated heterocycles. The molecule has 2 aliphatic rings. The molecular weight excluding hydrogens is 559 g/mol. The van der Waals surface area contributed by atoms with Gasteiger partial charge in [-0.05, 0) is 62.4 Å². The van der Waals surface area contributed by atoms with Crippen molar-refractivity contribution in [1.82, 2.24) is 14.9 Å². The predicted molar refractivity (Wildman–Crippen MR) is 172 cm³/mol. The third-order valence-corrected chi connectivity index (χ3v) is 8.07. The van der Waals surface area contributed by atoms with Crippen LogP contribution in [0.4, 0.5) is 21.7 Å². The highest BCUT2D eigenvalue weighted by Gasteiger charge is 2.33. The van der Waals surface area contributed by atoms with Gasteiger partial charge in [-0.3, -0.25) is 9.59 Å². The monoisotopic (exact) mass is 598 g/mol. The van der Waals surface area contributed by atoms with E-state index in [0.29, 0.717) is 29.8 Å². The van der Waals surface area contributed by atoms with E-state index in [0.717, 1.165) is 55.2 Å². The van der Waals surface area contributed by atoms with E-state index in [1.807, 2.05) is 29.2 Å². The van der Waals surface area contributed by atoms with Crippen molar-refractivity contribution in [2.75, 3.05) is 48.8 Å². The van der Waals surface area contributed by atoms with Crippen molar-refractivity contribution in [3.05, 3.63) is 78.2 Å². The SMILES string of the molecule is C.CN(C)C(=O)[C@@H]1CCCN1c1nccc(Oc2ccc(NC(=O)c3cc(F)cc(N4CCCCC4)c3)c3ccccc23)n1. The highest BCUT2D eigenvalue weighted by Crippen LogP contribution is 2.35. The van der Waals surface area contributed by atoms with Crippen molar-refractivity contribution in [1.29, 1.82) is 0 Å². The van der Waals surface area contributed by atoms with Crippen molar-refractivity contribution < 1.29 is 18.7 Å². The van der Waals surface area contributed by atoms with E-state index in [9.17, 15) is 14.0 Å². The second-order valence-electron chi connectivity index (χ2n) is 11.2. The Kier molecular flexibility index (Phi) is 9.27. The number of piperidine rings is 1. The van der Waals surface area contributed by atoms with Crippen molar-refractivity contribution in [2.45, 2.75) is 45.6 Å². The van der Waals surface area contributed by atoms with E-state index >= 15 is 0 Å². The molecule has 9 nitrogen and oxygen atoms in total. The number of aromatic nitrogens is 2. The van der Waals surface area contributed by atoms with Crippen molar-refractivity contribution in [3.63, 3.8) is 0 Å². The van der Waals surface area contributed by atoms with Gasteiger partial charge in [0, 0.05) is 73.7 Å². The number of carbonyl (C=O) groups excluding carboxylic acids is 2. The molecule has 10 heteroatoms. The number of hydrogen-bond acceptors (Lipinski definition) is 7. The van der Waals surface area contributed by atoms with Crippen LogP contribution in [0.25, 0.3) is 10.8 Å². The summed E-state index contributed by atoms with van der Waals surface area (Å²) < 4.78 is 20.8. The van der Waals surface area contributed by atoms with E-state index in [2.05, 4.69) is 20.2 Å². The summed E-state index contributed by atoms with van der Waals surface area (Å²) in [4.78, 5) is 40.7. The number of amides is 2. The van der Waals surface area contributed by atoms with Crippen LogP contribution in [-0.4, -0.2) is 66.5 Å². The van der Waals surface area contributed by atoms with Gasteiger partial charge in [0.1, 0.15) is 17.6 Å². The van der Waals surface area contributed by atoms with Crippen LogP contribution in [-0.2, 0) is 4.79 Å². The Morgan fingerprint density at radius 1 is 0.955 bits per heavy atom. The molecule has 4 aromatic rings. The molecule has 230 valence electrons. The zero-order valence-corrected chi connectivity index (χ0v) is 24.4. The molecule has 1 N–H and O–H groups in total. The topological polar surface area (TPSA) is 90.9 Å². The highest BCUT2D eigenvalue weighted by molar-refractivity contribution is 6.10. The normalized spacial score (nSPS) is 16.4. The molecule has 2 amide bonds. The molecule has 3 aromatic carbocycles. The van der Waals surface area contributed by atoms with Crippen LogP contribution in [0.15, 0.2) is 66.9 Å². The minimum atomic E-state index is -0.433. The maximum atomic E-state index is 14.6. The van der Waals surface area contributed by atoms with E-state index in [1.165, 1.54) is 18.6 Å². The summed E-state index contributed by atoms with van der Waals surface area (Å²) in [5.74, 6) is 0.555. The van der Waals surface area contributed by atoms with Crippen LogP contribution >= 0.6 is 0 Å². The molecule has 6 rings (SSSR count). The maximum Gasteiger partial charge on any atom is 0.255 e. The number of rotatable bonds is 7. The number of carbonyl (C=O) groups is 2. The molecular formula is C34H39FN6O3. The predicted octanol–water partition coefficient (Wildman–Crippen LogP) is 6.50. The first-order chi connectivity index (χ1) is 20.9. The van der Waals surface area contributed by atoms with Crippen molar-refractivity contribution in [3.8, 4) is 11.6 Å². The fraction of sp³-hybridized carbons (Fsp3) is 0.353. The van der Waals surface area contributed by atoms with Gasteiger partial charge in [-0.2, -0.15) is 4.98 Å². The summed E-state index contributed by atoms with van der Waals surface area (Å²) in [5.41, 5.74) is 1.59. The summed E-state index contributed by atoms with van der Waals surface area (Å²) in [7, 11) is 3.50. The number of ether oxygens (including phenoxy) is 1. The average Bonchev–Trinajstić information content (AvgIpc) is 3.52. The zero-order chi connectivity index (χ0) is 29.9. The fourth-order valence-corrected chi connectivity index (χ4v) is 5.90. The zero-order valence-electron chi connectivity index (χ0n) is 24.4. The van der Waals surface area contributed by atoms with Gasteiger partial charge in [-0.25, -0.2) is 9.37 Å². The number of hydrogen-bond donors (Lipinski definition) is 1. The van der Waals surface area contributed by atoms with Crippen LogP contribution in [0.2, 0.25) is 0 Å². The van der Waals surface area contributed by atoms with Crippen LogP contribution < -0.4 is 19.9 Å². The minimum absolute atomic E-state index is 0. The molecule has 0 radical (unpaired) electrons. The van der Waals surface area contributed by atoms with Gasteiger partial charge >= 0.3 is 0 Å².